The van der Waals surface area contributed by atoms with Crippen LogP contribution >= 0.6 is 0 Å². The van der Waals surface area contributed by atoms with E-state index in [1.807, 2.05) is 0 Å². The van der Waals surface area contributed by atoms with Gasteiger partial charge >= 0.3 is 0 Å². The van der Waals surface area contributed by atoms with E-state index in [1.54, 1.807) is 0 Å². The highest BCUT2D eigenvalue weighted by Crippen LogP contribution is 2.37. The van der Waals surface area contributed by atoms with Crippen molar-refractivity contribution in [2.45, 2.75) is 85.0 Å². The Bertz CT molecular complexity index is 149. The van der Waals surface area contributed by atoms with E-state index in [2.05, 4.69) is 33.4 Å². The van der Waals surface area contributed by atoms with E-state index in [9.17, 15) is 0 Å². The molecule has 0 radical (unpaired) electrons. The third-order valence-corrected chi connectivity index (χ3v) is 3.77. The Hall–Kier alpha value is -0.260. The molecule has 0 aliphatic carbocycles. The predicted molar refractivity (Wildman–Crippen MR) is 75.8 cm³/mol. The lowest BCUT2D eigenvalue weighted by Crippen LogP contribution is -2.18. The summed E-state index contributed by atoms with van der Waals surface area (Å²) in [5.74, 6) is 0. The minimum absolute atomic E-state index is 0.460. The zero-order chi connectivity index (χ0) is 12.3. The molecule has 0 saturated heterocycles. The van der Waals surface area contributed by atoms with E-state index < -0.39 is 0 Å². The minimum Gasteiger partial charge on any atom is -0.103 e. The van der Waals surface area contributed by atoms with Crippen molar-refractivity contribution in [1.29, 1.82) is 0 Å². The van der Waals surface area contributed by atoms with Crippen LogP contribution in [0.2, 0.25) is 0 Å². The molecule has 0 bridgehead atoms. The Kier molecular flexibility index (Phi) is 9.77. The number of allylic oxidation sites excluding steroid dienone is 1. The van der Waals surface area contributed by atoms with Crippen molar-refractivity contribution in [3.8, 4) is 0 Å². The molecule has 0 unspecified atom stereocenters. The van der Waals surface area contributed by atoms with Gasteiger partial charge in [0.2, 0.25) is 0 Å². The molecule has 0 aromatic heterocycles. The Morgan fingerprint density at radius 3 is 1.56 bits per heavy atom. The average molecular weight is 224 g/mol. The fourth-order valence-electron chi connectivity index (χ4n) is 2.47. The van der Waals surface area contributed by atoms with Gasteiger partial charge in [0.25, 0.3) is 0 Å². The van der Waals surface area contributed by atoms with Gasteiger partial charge in [-0.15, -0.1) is 6.58 Å². The van der Waals surface area contributed by atoms with Gasteiger partial charge in [-0.1, -0.05) is 71.8 Å². The van der Waals surface area contributed by atoms with Gasteiger partial charge in [-0.2, -0.15) is 0 Å². The van der Waals surface area contributed by atoms with Gasteiger partial charge in [0.1, 0.15) is 0 Å². The molecule has 0 saturated carbocycles. The average Bonchev–Trinajstić information content (AvgIpc) is 2.32. The largest absolute Gasteiger partial charge is 0.103 e. The molecule has 0 heterocycles. The summed E-state index contributed by atoms with van der Waals surface area (Å²) in [6.07, 6.45) is 15.8. The molecule has 0 aliphatic rings. The fourth-order valence-corrected chi connectivity index (χ4v) is 2.47. The zero-order valence-corrected chi connectivity index (χ0v) is 11.9. The molecule has 0 spiro atoms. The summed E-state index contributed by atoms with van der Waals surface area (Å²) in [7, 11) is 0. The van der Waals surface area contributed by atoms with Crippen LogP contribution in [0.3, 0.4) is 0 Å². The van der Waals surface area contributed by atoms with Crippen molar-refractivity contribution in [2.24, 2.45) is 5.41 Å². The molecule has 0 aromatic carbocycles. The number of unbranched alkanes of at least 4 members (excludes halogenated alkanes) is 4. The Morgan fingerprint density at radius 1 is 0.750 bits per heavy atom. The van der Waals surface area contributed by atoms with E-state index in [4.69, 9.17) is 0 Å². The van der Waals surface area contributed by atoms with Crippen molar-refractivity contribution in [3.63, 3.8) is 0 Å². The van der Waals surface area contributed by atoms with E-state index in [0.29, 0.717) is 5.41 Å². The van der Waals surface area contributed by atoms with Gasteiger partial charge in [-0.05, 0) is 24.7 Å². The quantitative estimate of drug-likeness (QED) is 0.293. The predicted octanol–water partition coefficient (Wildman–Crippen LogP) is 6.12. The maximum atomic E-state index is 4.12. The number of hydrogen-bond acceptors (Lipinski definition) is 0. The second kappa shape index (κ2) is 9.93. The molecule has 0 fully saturated rings. The van der Waals surface area contributed by atoms with Gasteiger partial charge in [0.15, 0.2) is 0 Å². The van der Waals surface area contributed by atoms with Crippen LogP contribution in [-0.2, 0) is 0 Å². The highest BCUT2D eigenvalue weighted by Gasteiger charge is 2.24. The molecular formula is C16H32. The lowest BCUT2D eigenvalue weighted by molar-refractivity contribution is 0.271. The van der Waals surface area contributed by atoms with Gasteiger partial charge in [0, 0.05) is 0 Å². The molecule has 0 atom stereocenters. The van der Waals surface area contributed by atoms with Gasteiger partial charge in [-0.3, -0.25) is 0 Å². The zero-order valence-electron chi connectivity index (χ0n) is 11.9. The Morgan fingerprint density at radius 2 is 1.19 bits per heavy atom. The van der Waals surface area contributed by atoms with Crippen molar-refractivity contribution >= 4 is 0 Å². The molecule has 0 aromatic rings. The van der Waals surface area contributed by atoms with Crippen LogP contribution in [0.5, 0.6) is 0 Å². The molecule has 0 heteroatoms. The molecule has 0 nitrogen and oxygen atoms in total. The molecule has 0 amide bonds. The first kappa shape index (κ1) is 15.7. The first-order chi connectivity index (χ1) is 7.74. The van der Waals surface area contributed by atoms with Crippen LogP contribution in [0.4, 0.5) is 0 Å². The van der Waals surface area contributed by atoms with E-state index in [0.717, 1.165) is 0 Å². The standard InChI is InChI=1S/C16H32/c1-5-9-12-15-16(8-4,13-10-6-2)14-11-7-3/h8H,4-7,9-15H2,1-3H3. The molecule has 0 rings (SSSR count). The van der Waals surface area contributed by atoms with Crippen LogP contribution in [0.25, 0.3) is 0 Å². The lowest BCUT2D eigenvalue weighted by atomic mass is 9.74. The summed E-state index contributed by atoms with van der Waals surface area (Å²) in [6.45, 7) is 11.0. The van der Waals surface area contributed by atoms with Crippen molar-refractivity contribution < 1.29 is 0 Å². The van der Waals surface area contributed by atoms with Crippen LogP contribution in [0.15, 0.2) is 12.7 Å². The Balaban J connectivity index is 4.21. The normalized spacial score (nSPS) is 11.7. The second-order valence-electron chi connectivity index (χ2n) is 5.23. The second-order valence-corrected chi connectivity index (χ2v) is 5.23. The molecule has 0 aliphatic heterocycles. The third kappa shape index (κ3) is 6.35. The van der Waals surface area contributed by atoms with Crippen molar-refractivity contribution in [2.75, 3.05) is 0 Å². The van der Waals surface area contributed by atoms with E-state index >= 15 is 0 Å². The fraction of sp³-hybridized carbons (Fsp3) is 0.875. The van der Waals surface area contributed by atoms with Crippen LogP contribution in [0, 0.1) is 5.41 Å². The summed E-state index contributed by atoms with van der Waals surface area (Å²) in [5.41, 5.74) is 0.460. The monoisotopic (exact) mass is 224 g/mol. The molecule has 96 valence electrons. The van der Waals surface area contributed by atoms with Gasteiger partial charge in [-0.25, -0.2) is 0 Å². The first-order valence-electron chi connectivity index (χ1n) is 7.38. The molecule has 16 heavy (non-hydrogen) atoms. The summed E-state index contributed by atoms with van der Waals surface area (Å²) >= 11 is 0. The van der Waals surface area contributed by atoms with Crippen molar-refractivity contribution in [3.05, 3.63) is 12.7 Å². The summed E-state index contributed by atoms with van der Waals surface area (Å²) in [4.78, 5) is 0. The highest BCUT2D eigenvalue weighted by molar-refractivity contribution is 4.94. The summed E-state index contributed by atoms with van der Waals surface area (Å²) in [5, 5.41) is 0. The van der Waals surface area contributed by atoms with Crippen LogP contribution < -0.4 is 0 Å². The van der Waals surface area contributed by atoms with Crippen molar-refractivity contribution in [1.82, 2.24) is 0 Å². The van der Waals surface area contributed by atoms with E-state index in [1.165, 1.54) is 64.2 Å². The number of rotatable bonds is 11. The summed E-state index contributed by atoms with van der Waals surface area (Å²) in [6, 6.07) is 0. The summed E-state index contributed by atoms with van der Waals surface area (Å²) < 4.78 is 0. The lowest BCUT2D eigenvalue weighted by Gasteiger charge is -2.31. The topological polar surface area (TPSA) is 0 Å². The first-order valence-corrected chi connectivity index (χ1v) is 7.38. The molecule has 0 N–H and O–H groups in total. The number of hydrogen-bond donors (Lipinski definition) is 0. The highest BCUT2D eigenvalue weighted by atomic mass is 14.3. The third-order valence-electron chi connectivity index (χ3n) is 3.77. The van der Waals surface area contributed by atoms with Gasteiger partial charge in [0.05, 0.1) is 0 Å². The smallest absolute Gasteiger partial charge is 0.0121 e. The molecular weight excluding hydrogens is 192 g/mol. The van der Waals surface area contributed by atoms with Crippen LogP contribution in [-0.4, -0.2) is 0 Å². The minimum atomic E-state index is 0.460. The van der Waals surface area contributed by atoms with Gasteiger partial charge < -0.3 is 0 Å². The van der Waals surface area contributed by atoms with Crippen LogP contribution in [0.1, 0.15) is 85.0 Å². The maximum absolute atomic E-state index is 4.12. The maximum Gasteiger partial charge on any atom is -0.0121 e. The Labute approximate surface area is 104 Å². The van der Waals surface area contributed by atoms with E-state index in [-0.39, 0.29) is 0 Å². The SMILES string of the molecule is C=CC(CCCC)(CCCC)CCCCC.